The molecule has 0 bridgehead atoms. The molecule has 32 heavy (non-hydrogen) atoms. The SMILES string of the molecule is Cc1ccc(S(=O)(=O)OC2CCN(C(=O)Oc3ccc(C(C)(C)C)cc3C3CC3)C2)cc1. The van der Waals surface area contributed by atoms with E-state index in [-0.39, 0.29) is 16.9 Å². The summed E-state index contributed by atoms with van der Waals surface area (Å²) in [6.45, 7) is 8.97. The molecular formula is C25H31NO5S. The summed E-state index contributed by atoms with van der Waals surface area (Å²) < 4.78 is 36.3. The van der Waals surface area contributed by atoms with Crippen molar-refractivity contribution in [1.29, 1.82) is 0 Å². The maximum atomic E-state index is 12.8. The molecule has 2 aromatic carbocycles. The van der Waals surface area contributed by atoms with Crippen molar-refractivity contribution in [3.63, 3.8) is 0 Å². The van der Waals surface area contributed by atoms with Crippen LogP contribution in [0.2, 0.25) is 0 Å². The molecule has 1 amide bonds. The summed E-state index contributed by atoms with van der Waals surface area (Å²) in [7, 11) is -3.88. The van der Waals surface area contributed by atoms with Crippen molar-refractivity contribution in [2.45, 2.75) is 69.3 Å². The molecule has 172 valence electrons. The first-order chi connectivity index (χ1) is 15.0. The summed E-state index contributed by atoms with van der Waals surface area (Å²) in [5.74, 6) is 1.04. The highest BCUT2D eigenvalue weighted by molar-refractivity contribution is 7.86. The van der Waals surface area contributed by atoms with E-state index in [1.54, 1.807) is 12.1 Å². The number of benzene rings is 2. The lowest BCUT2D eigenvalue weighted by molar-refractivity contribution is 0.152. The van der Waals surface area contributed by atoms with E-state index in [9.17, 15) is 13.2 Å². The number of hydrogen-bond acceptors (Lipinski definition) is 5. The highest BCUT2D eigenvalue weighted by Gasteiger charge is 2.34. The third kappa shape index (κ3) is 5.15. The first kappa shape index (κ1) is 22.8. The number of rotatable bonds is 5. The third-order valence-electron chi connectivity index (χ3n) is 6.07. The summed E-state index contributed by atoms with van der Waals surface area (Å²) >= 11 is 0. The van der Waals surface area contributed by atoms with E-state index in [2.05, 4.69) is 26.8 Å². The Morgan fingerprint density at radius 2 is 1.72 bits per heavy atom. The highest BCUT2D eigenvalue weighted by atomic mass is 32.2. The first-order valence-electron chi connectivity index (χ1n) is 11.1. The smallest absolute Gasteiger partial charge is 0.410 e. The molecular weight excluding hydrogens is 426 g/mol. The van der Waals surface area contributed by atoms with Gasteiger partial charge in [0.25, 0.3) is 10.1 Å². The average molecular weight is 458 g/mol. The molecule has 1 saturated carbocycles. The van der Waals surface area contributed by atoms with Gasteiger partial charge < -0.3 is 9.64 Å². The average Bonchev–Trinajstić information content (AvgIpc) is 3.46. The Kier molecular flexibility index (Phi) is 6.07. The minimum absolute atomic E-state index is 0.0225. The number of likely N-dealkylation sites (tertiary alicyclic amines) is 1. The van der Waals surface area contributed by atoms with Gasteiger partial charge in [-0.05, 0) is 66.8 Å². The topological polar surface area (TPSA) is 72.9 Å². The Morgan fingerprint density at radius 3 is 2.34 bits per heavy atom. The maximum absolute atomic E-state index is 12.8. The lowest BCUT2D eigenvalue weighted by Crippen LogP contribution is -2.33. The number of carbonyl (C=O) groups is 1. The molecule has 6 nitrogen and oxygen atoms in total. The predicted octanol–water partition coefficient (Wildman–Crippen LogP) is 5.15. The Morgan fingerprint density at radius 1 is 1.03 bits per heavy atom. The first-order valence-corrected chi connectivity index (χ1v) is 12.5. The van der Waals surface area contributed by atoms with Crippen LogP contribution in [0.15, 0.2) is 47.4 Å². The Labute approximate surface area is 190 Å². The number of hydrogen-bond donors (Lipinski definition) is 0. The molecule has 2 aromatic rings. The number of nitrogens with zero attached hydrogens (tertiary/aromatic N) is 1. The lowest BCUT2D eigenvalue weighted by Gasteiger charge is -2.22. The van der Waals surface area contributed by atoms with Crippen LogP contribution in [0.3, 0.4) is 0 Å². The van der Waals surface area contributed by atoms with Gasteiger partial charge in [-0.1, -0.05) is 50.6 Å². The molecule has 1 atom stereocenters. The zero-order chi connectivity index (χ0) is 23.1. The molecule has 4 rings (SSSR count). The van der Waals surface area contributed by atoms with Gasteiger partial charge in [-0.2, -0.15) is 8.42 Å². The molecule has 0 aromatic heterocycles. The van der Waals surface area contributed by atoms with Gasteiger partial charge in [0.1, 0.15) is 5.75 Å². The van der Waals surface area contributed by atoms with Crippen molar-refractivity contribution in [2.24, 2.45) is 0 Å². The van der Waals surface area contributed by atoms with Crippen LogP contribution in [0.4, 0.5) is 4.79 Å². The molecule has 1 aliphatic carbocycles. The van der Waals surface area contributed by atoms with Crippen molar-refractivity contribution in [1.82, 2.24) is 4.90 Å². The van der Waals surface area contributed by atoms with Gasteiger partial charge in [0.05, 0.1) is 17.5 Å². The Balaban J connectivity index is 1.41. The van der Waals surface area contributed by atoms with Crippen LogP contribution in [0, 0.1) is 6.92 Å². The van der Waals surface area contributed by atoms with Crippen LogP contribution < -0.4 is 4.74 Å². The maximum Gasteiger partial charge on any atom is 0.415 e. The van der Waals surface area contributed by atoms with Gasteiger partial charge in [0.2, 0.25) is 0 Å². The number of amides is 1. The van der Waals surface area contributed by atoms with Crippen LogP contribution in [0.25, 0.3) is 0 Å². The standard InChI is InChI=1S/C25H31NO5S/c1-17-5-10-21(11-6-17)32(28,29)31-20-13-14-26(16-20)24(27)30-23-12-9-19(25(2,3)4)15-22(23)18-7-8-18/h5-6,9-12,15,18,20H,7-8,13-14,16H2,1-4H3. The molecule has 1 unspecified atom stereocenters. The van der Waals surface area contributed by atoms with E-state index in [1.807, 2.05) is 19.1 Å². The number of aryl methyl sites for hydroxylation is 1. The molecule has 7 heteroatoms. The van der Waals surface area contributed by atoms with E-state index in [0.717, 1.165) is 24.0 Å². The fourth-order valence-electron chi connectivity index (χ4n) is 3.89. The van der Waals surface area contributed by atoms with Gasteiger partial charge in [-0.3, -0.25) is 4.18 Å². The van der Waals surface area contributed by atoms with Crippen LogP contribution in [-0.2, 0) is 19.7 Å². The number of ether oxygens (including phenoxy) is 1. The second-order valence-electron chi connectivity index (χ2n) is 9.86. The van der Waals surface area contributed by atoms with Crippen LogP contribution in [-0.4, -0.2) is 38.6 Å². The van der Waals surface area contributed by atoms with Gasteiger partial charge >= 0.3 is 6.09 Å². The summed E-state index contributed by atoms with van der Waals surface area (Å²) in [5.41, 5.74) is 3.30. The molecule has 1 heterocycles. The summed E-state index contributed by atoms with van der Waals surface area (Å²) in [4.78, 5) is 14.4. The van der Waals surface area contributed by atoms with E-state index >= 15 is 0 Å². The Hall–Kier alpha value is -2.38. The molecule has 1 aliphatic heterocycles. The second-order valence-corrected chi connectivity index (χ2v) is 11.4. The minimum atomic E-state index is -3.88. The molecule has 2 fully saturated rings. The molecule has 1 saturated heterocycles. The summed E-state index contributed by atoms with van der Waals surface area (Å²) in [6.07, 6.45) is 1.61. The zero-order valence-electron chi connectivity index (χ0n) is 19.1. The third-order valence-corrected chi connectivity index (χ3v) is 7.44. The lowest BCUT2D eigenvalue weighted by atomic mass is 9.85. The Bertz CT molecular complexity index is 1100. The molecule has 0 N–H and O–H groups in total. The van der Waals surface area contributed by atoms with E-state index in [1.165, 1.54) is 22.6 Å². The fraction of sp³-hybridized carbons (Fsp3) is 0.480. The molecule has 0 spiro atoms. The highest BCUT2D eigenvalue weighted by Crippen LogP contribution is 2.45. The quantitative estimate of drug-likeness (QED) is 0.581. The van der Waals surface area contributed by atoms with Gasteiger partial charge in [0.15, 0.2) is 0 Å². The fourth-order valence-corrected chi connectivity index (χ4v) is 4.99. The zero-order valence-corrected chi connectivity index (χ0v) is 19.9. The van der Waals surface area contributed by atoms with Crippen LogP contribution in [0.5, 0.6) is 5.75 Å². The summed E-state index contributed by atoms with van der Waals surface area (Å²) in [6, 6.07) is 12.6. The van der Waals surface area contributed by atoms with Crippen molar-refractivity contribution < 1.29 is 22.1 Å². The summed E-state index contributed by atoms with van der Waals surface area (Å²) in [5, 5.41) is 0. The van der Waals surface area contributed by atoms with Crippen molar-refractivity contribution in [3.8, 4) is 5.75 Å². The minimum Gasteiger partial charge on any atom is -0.410 e. The van der Waals surface area contributed by atoms with Crippen molar-refractivity contribution in [3.05, 3.63) is 59.2 Å². The largest absolute Gasteiger partial charge is 0.415 e. The van der Waals surface area contributed by atoms with E-state index < -0.39 is 22.3 Å². The van der Waals surface area contributed by atoms with Gasteiger partial charge in [-0.25, -0.2) is 4.79 Å². The number of carbonyl (C=O) groups excluding carboxylic acids is 1. The van der Waals surface area contributed by atoms with E-state index in [4.69, 9.17) is 8.92 Å². The van der Waals surface area contributed by atoms with E-state index in [0.29, 0.717) is 24.6 Å². The van der Waals surface area contributed by atoms with Crippen molar-refractivity contribution in [2.75, 3.05) is 13.1 Å². The van der Waals surface area contributed by atoms with Gasteiger partial charge in [-0.15, -0.1) is 0 Å². The van der Waals surface area contributed by atoms with Crippen molar-refractivity contribution >= 4 is 16.2 Å². The van der Waals surface area contributed by atoms with Crippen LogP contribution in [0.1, 0.15) is 62.6 Å². The molecule has 0 radical (unpaired) electrons. The monoisotopic (exact) mass is 457 g/mol. The second kappa shape index (κ2) is 8.52. The normalized spacial score (nSPS) is 19.2. The van der Waals surface area contributed by atoms with Crippen LogP contribution >= 0.6 is 0 Å². The molecule has 2 aliphatic rings. The van der Waals surface area contributed by atoms with Gasteiger partial charge in [0, 0.05) is 6.54 Å². The predicted molar refractivity (Wildman–Crippen MR) is 123 cm³/mol.